The molecule has 1 unspecified atom stereocenters. The van der Waals surface area contributed by atoms with E-state index in [0.717, 1.165) is 43.8 Å². The average molecular weight is 375 g/mol. The Morgan fingerprint density at radius 3 is 2.85 bits per heavy atom. The molecule has 0 bridgehead atoms. The molecule has 1 aliphatic heterocycles. The molecule has 152 valence electrons. The van der Waals surface area contributed by atoms with E-state index >= 15 is 0 Å². The van der Waals surface area contributed by atoms with Gasteiger partial charge in [0.15, 0.2) is 6.29 Å². The van der Waals surface area contributed by atoms with Crippen molar-refractivity contribution in [2.75, 3.05) is 13.2 Å². The van der Waals surface area contributed by atoms with Gasteiger partial charge in [-0.3, -0.25) is 0 Å². The fourth-order valence-corrected chi connectivity index (χ4v) is 7.86. The lowest BCUT2D eigenvalue weighted by atomic mass is 9.47. The molecule has 4 aliphatic carbocycles. The second-order valence-corrected chi connectivity index (χ2v) is 10.4. The van der Waals surface area contributed by atoms with Crippen LogP contribution in [-0.4, -0.2) is 30.7 Å². The molecule has 0 spiro atoms. The molecule has 3 nitrogen and oxygen atoms in total. The van der Waals surface area contributed by atoms with Gasteiger partial charge in [-0.15, -0.1) is 0 Å². The van der Waals surface area contributed by atoms with Gasteiger partial charge < -0.3 is 14.6 Å². The normalized spacial score (nSPS) is 49.7. The molecule has 0 radical (unpaired) electrons. The standard InChI is InChI=1S/C24H38O3/c1-23-14-12-20-18(19(23)10-11-21(23)25)9-8-17-6-2-4-13-24(17,20)16-27-22-7-3-5-15-26-22/h6,18-22,25H,2-5,7-16H2,1H3/t18-,19-,20-,21-,22?,23-,24+/m0/s1. The van der Waals surface area contributed by atoms with Crippen molar-refractivity contribution in [3.63, 3.8) is 0 Å². The average Bonchev–Trinajstić information content (AvgIpc) is 3.02. The van der Waals surface area contributed by atoms with Crippen LogP contribution in [0.15, 0.2) is 11.6 Å². The molecule has 1 saturated heterocycles. The molecule has 3 saturated carbocycles. The Morgan fingerprint density at radius 2 is 2.00 bits per heavy atom. The third kappa shape index (κ3) is 2.95. The summed E-state index contributed by atoms with van der Waals surface area (Å²) in [5, 5.41) is 10.7. The Balaban J connectivity index is 1.40. The van der Waals surface area contributed by atoms with Crippen LogP contribution in [0.3, 0.4) is 0 Å². The maximum atomic E-state index is 10.7. The number of rotatable bonds is 3. The number of aliphatic hydroxyl groups is 1. The summed E-state index contributed by atoms with van der Waals surface area (Å²) >= 11 is 0. The topological polar surface area (TPSA) is 38.7 Å². The zero-order chi connectivity index (χ0) is 18.5. The highest BCUT2D eigenvalue weighted by Gasteiger charge is 2.59. The van der Waals surface area contributed by atoms with Gasteiger partial charge in [0.25, 0.3) is 0 Å². The second kappa shape index (κ2) is 7.15. The molecule has 0 aromatic rings. The van der Waals surface area contributed by atoms with Gasteiger partial charge in [0, 0.05) is 12.0 Å². The van der Waals surface area contributed by atoms with Gasteiger partial charge in [-0.05, 0) is 100 Å². The quantitative estimate of drug-likeness (QED) is 0.688. The molecule has 5 aliphatic rings. The lowest BCUT2D eigenvalue weighted by molar-refractivity contribution is -0.192. The molecular weight excluding hydrogens is 336 g/mol. The number of ether oxygens (including phenoxy) is 2. The summed E-state index contributed by atoms with van der Waals surface area (Å²) in [5.41, 5.74) is 2.15. The maximum absolute atomic E-state index is 10.7. The SMILES string of the molecule is C[C@]12CC[C@H]3[C@@H](CCC4=CCCC[C@@]43COC3CCCCO3)[C@@H]1CC[C@@H]2O. The van der Waals surface area contributed by atoms with Crippen LogP contribution in [0.5, 0.6) is 0 Å². The molecular formula is C24H38O3. The number of fused-ring (bicyclic) bond motifs is 5. The monoisotopic (exact) mass is 374 g/mol. The van der Waals surface area contributed by atoms with Crippen molar-refractivity contribution in [1.29, 1.82) is 0 Å². The summed E-state index contributed by atoms with van der Waals surface area (Å²) in [6.07, 6.45) is 17.2. The van der Waals surface area contributed by atoms with Crippen LogP contribution in [-0.2, 0) is 9.47 Å². The summed E-state index contributed by atoms with van der Waals surface area (Å²) in [4.78, 5) is 0. The van der Waals surface area contributed by atoms with E-state index in [1.54, 1.807) is 5.57 Å². The van der Waals surface area contributed by atoms with Crippen molar-refractivity contribution >= 4 is 0 Å². The molecule has 7 atom stereocenters. The third-order valence-corrected chi connectivity index (χ3v) is 9.37. The van der Waals surface area contributed by atoms with Crippen LogP contribution in [0.4, 0.5) is 0 Å². The zero-order valence-corrected chi connectivity index (χ0v) is 17.1. The lowest BCUT2D eigenvalue weighted by Crippen LogP contribution is -2.53. The van der Waals surface area contributed by atoms with Gasteiger partial charge in [-0.1, -0.05) is 18.6 Å². The zero-order valence-electron chi connectivity index (χ0n) is 17.1. The number of hydrogen-bond donors (Lipinski definition) is 1. The Kier molecular flexibility index (Phi) is 4.93. The van der Waals surface area contributed by atoms with Gasteiger partial charge in [-0.25, -0.2) is 0 Å². The van der Waals surface area contributed by atoms with Crippen molar-refractivity contribution < 1.29 is 14.6 Å². The molecule has 3 heteroatoms. The highest BCUT2D eigenvalue weighted by atomic mass is 16.7. The smallest absolute Gasteiger partial charge is 0.157 e. The van der Waals surface area contributed by atoms with Gasteiger partial charge >= 0.3 is 0 Å². The largest absolute Gasteiger partial charge is 0.393 e. The van der Waals surface area contributed by atoms with Crippen molar-refractivity contribution in [1.82, 2.24) is 0 Å². The fraction of sp³-hybridized carbons (Fsp3) is 0.917. The lowest BCUT2D eigenvalue weighted by Gasteiger charge is -2.59. The maximum Gasteiger partial charge on any atom is 0.157 e. The first-order chi connectivity index (χ1) is 13.1. The van der Waals surface area contributed by atoms with Gasteiger partial charge in [0.2, 0.25) is 0 Å². The summed E-state index contributed by atoms with van der Waals surface area (Å²) in [6.45, 7) is 4.12. The number of hydrogen-bond acceptors (Lipinski definition) is 3. The molecule has 0 amide bonds. The summed E-state index contributed by atoms with van der Waals surface area (Å²) in [6, 6.07) is 0. The minimum Gasteiger partial charge on any atom is -0.393 e. The minimum absolute atomic E-state index is 0.0267. The molecule has 27 heavy (non-hydrogen) atoms. The third-order valence-electron chi connectivity index (χ3n) is 9.37. The Morgan fingerprint density at radius 1 is 1.07 bits per heavy atom. The highest BCUT2D eigenvalue weighted by Crippen LogP contribution is 2.65. The molecule has 1 N–H and O–H groups in total. The minimum atomic E-state index is -0.0745. The molecule has 0 aromatic heterocycles. The predicted molar refractivity (Wildman–Crippen MR) is 106 cm³/mol. The Hall–Kier alpha value is -0.380. The second-order valence-electron chi connectivity index (χ2n) is 10.4. The van der Waals surface area contributed by atoms with Crippen molar-refractivity contribution in [3.05, 3.63) is 11.6 Å². The first-order valence-electron chi connectivity index (χ1n) is 11.7. The van der Waals surface area contributed by atoms with Crippen LogP contribution < -0.4 is 0 Å². The van der Waals surface area contributed by atoms with Crippen LogP contribution in [0.1, 0.15) is 84.0 Å². The van der Waals surface area contributed by atoms with E-state index in [1.165, 1.54) is 64.2 Å². The summed E-state index contributed by atoms with van der Waals surface area (Å²) in [7, 11) is 0. The van der Waals surface area contributed by atoms with E-state index < -0.39 is 0 Å². The van der Waals surface area contributed by atoms with Crippen LogP contribution in [0.2, 0.25) is 0 Å². The van der Waals surface area contributed by atoms with E-state index in [-0.39, 0.29) is 23.2 Å². The van der Waals surface area contributed by atoms with E-state index in [9.17, 15) is 5.11 Å². The summed E-state index contributed by atoms with van der Waals surface area (Å²) in [5.74, 6) is 2.26. The molecule has 4 fully saturated rings. The van der Waals surface area contributed by atoms with E-state index in [1.807, 2.05) is 0 Å². The van der Waals surface area contributed by atoms with Gasteiger partial charge in [-0.2, -0.15) is 0 Å². The van der Waals surface area contributed by atoms with Crippen molar-refractivity contribution in [3.8, 4) is 0 Å². The van der Waals surface area contributed by atoms with Crippen LogP contribution in [0, 0.1) is 28.6 Å². The summed E-state index contributed by atoms with van der Waals surface area (Å²) < 4.78 is 12.4. The van der Waals surface area contributed by atoms with Crippen molar-refractivity contribution in [2.45, 2.75) is 96.4 Å². The molecule has 0 aromatic carbocycles. The first-order valence-corrected chi connectivity index (χ1v) is 11.7. The van der Waals surface area contributed by atoms with E-state index in [0.29, 0.717) is 0 Å². The van der Waals surface area contributed by atoms with E-state index in [4.69, 9.17) is 9.47 Å². The Bertz CT molecular complexity index is 580. The highest BCUT2D eigenvalue weighted by molar-refractivity contribution is 5.25. The van der Waals surface area contributed by atoms with Crippen LogP contribution >= 0.6 is 0 Å². The first kappa shape index (κ1) is 18.6. The fourth-order valence-electron chi connectivity index (χ4n) is 7.86. The number of aliphatic hydroxyl groups excluding tert-OH is 1. The predicted octanol–water partition coefficient (Wildman–Crippen LogP) is 5.22. The Labute approximate surface area is 164 Å². The van der Waals surface area contributed by atoms with E-state index in [2.05, 4.69) is 13.0 Å². The van der Waals surface area contributed by atoms with Crippen LogP contribution in [0.25, 0.3) is 0 Å². The van der Waals surface area contributed by atoms with Gasteiger partial charge in [0.05, 0.1) is 12.7 Å². The van der Waals surface area contributed by atoms with Gasteiger partial charge in [0.1, 0.15) is 0 Å². The molecule has 5 rings (SSSR count). The number of allylic oxidation sites excluding steroid dienone is 1. The molecule has 1 heterocycles. The van der Waals surface area contributed by atoms with Crippen molar-refractivity contribution in [2.24, 2.45) is 28.6 Å².